The van der Waals surface area contributed by atoms with E-state index in [-0.39, 0.29) is 17.9 Å². The molecule has 3 rings (SSSR count). The van der Waals surface area contributed by atoms with Crippen LogP contribution >= 0.6 is 0 Å². The molecule has 1 aliphatic rings. The largest absolute Gasteiger partial charge is 0.423 e. The first-order valence-corrected chi connectivity index (χ1v) is 8.95. The Morgan fingerprint density at radius 3 is 2.77 bits per heavy atom. The van der Waals surface area contributed by atoms with Crippen LogP contribution in [0.4, 0.5) is 5.69 Å². The molecular weight excluding hydrogens is 332 g/mol. The quantitative estimate of drug-likeness (QED) is 0.859. The molecule has 0 bridgehead atoms. The Morgan fingerprint density at radius 1 is 1.35 bits per heavy atom. The Bertz CT molecular complexity index is 800. The van der Waals surface area contributed by atoms with Crippen LogP contribution in [0.1, 0.15) is 61.3 Å². The van der Waals surface area contributed by atoms with Crippen LogP contribution in [0, 0.1) is 12.8 Å². The molecule has 2 aromatic rings. The topological polar surface area (TPSA) is 88.3 Å². The lowest BCUT2D eigenvalue weighted by Crippen LogP contribution is -2.30. The molecule has 7 nitrogen and oxygen atoms in total. The maximum atomic E-state index is 12.8. The number of anilines is 1. The third-order valence-electron chi connectivity index (χ3n) is 4.35. The van der Waals surface area contributed by atoms with Crippen LogP contribution in [0.3, 0.4) is 0 Å². The second-order valence-corrected chi connectivity index (χ2v) is 7.01. The van der Waals surface area contributed by atoms with E-state index in [0.29, 0.717) is 42.6 Å². The molecule has 1 fully saturated rings. The molecule has 1 aromatic carbocycles. The molecule has 1 saturated heterocycles. The van der Waals surface area contributed by atoms with Gasteiger partial charge in [-0.2, -0.15) is 0 Å². The fourth-order valence-corrected chi connectivity index (χ4v) is 3.12. The standard InChI is InChI=1S/C19H24N4O3/c1-12(2)10-16(19-22-21-13(3)26-19)20-18(25)14-6-4-7-15(11-14)23-9-5-8-17(23)24/h4,6-7,11-12,16H,5,8-10H2,1-3H3,(H,20,25). The molecule has 2 amide bonds. The summed E-state index contributed by atoms with van der Waals surface area (Å²) < 4.78 is 5.51. The smallest absolute Gasteiger partial charge is 0.252 e. The summed E-state index contributed by atoms with van der Waals surface area (Å²) in [6, 6.07) is 6.80. The number of rotatable bonds is 6. The molecule has 7 heteroatoms. The van der Waals surface area contributed by atoms with E-state index in [1.165, 1.54) is 0 Å². The summed E-state index contributed by atoms with van der Waals surface area (Å²) in [5.41, 5.74) is 1.27. The summed E-state index contributed by atoms with van der Waals surface area (Å²) >= 11 is 0. The monoisotopic (exact) mass is 356 g/mol. The summed E-state index contributed by atoms with van der Waals surface area (Å²) in [5.74, 6) is 1.11. The molecular formula is C19H24N4O3. The summed E-state index contributed by atoms with van der Waals surface area (Å²) in [6.07, 6.45) is 2.10. The second kappa shape index (κ2) is 7.68. The highest BCUT2D eigenvalue weighted by molar-refractivity contribution is 5.99. The lowest BCUT2D eigenvalue weighted by molar-refractivity contribution is -0.117. The van der Waals surface area contributed by atoms with E-state index >= 15 is 0 Å². The molecule has 0 saturated carbocycles. The van der Waals surface area contributed by atoms with E-state index in [2.05, 4.69) is 29.4 Å². The van der Waals surface area contributed by atoms with Crippen LogP contribution in [-0.4, -0.2) is 28.6 Å². The Balaban J connectivity index is 1.78. The summed E-state index contributed by atoms with van der Waals surface area (Å²) in [7, 11) is 0. The van der Waals surface area contributed by atoms with Gasteiger partial charge in [-0.05, 0) is 37.0 Å². The minimum atomic E-state index is -0.347. The van der Waals surface area contributed by atoms with Crippen LogP contribution in [0.5, 0.6) is 0 Å². The number of nitrogens with zero attached hydrogens (tertiary/aromatic N) is 3. The minimum absolute atomic E-state index is 0.0987. The van der Waals surface area contributed by atoms with Crippen molar-refractivity contribution in [3.05, 3.63) is 41.6 Å². The number of nitrogens with one attached hydrogen (secondary N) is 1. The molecule has 1 atom stereocenters. The molecule has 1 unspecified atom stereocenters. The van der Waals surface area contributed by atoms with Gasteiger partial charge in [0.2, 0.25) is 17.7 Å². The number of hydrogen-bond donors (Lipinski definition) is 1. The lowest BCUT2D eigenvalue weighted by Gasteiger charge is -2.19. The molecule has 0 radical (unpaired) electrons. The molecule has 1 aliphatic heterocycles. The van der Waals surface area contributed by atoms with E-state index in [1.54, 1.807) is 30.0 Å². The van der Waals surface area contributed by atoms with E-state index in [9.17, 15) is 9.59 Å². The van der Waals surface area contributed by atoms with Gasteiger partial charge in [-0.1, -0.05) is 19.9 Å². The first-order valence-electron chi connectivity index (χ1n) is 8.95. The van der Waals surface area contributed by atoms with Gasteiger partial charge < -0.3 is 14.6 Å². The second-order valence-electron chi connectivity index (χ2n) is 7.01. The van der Waals surface area contributed by atoms with E-state index in [4.69, 9.17) is 4.42 Å². The highest BCUT2D eigenvalue weighted by atomic mass is 16.4. The summed E-state index contributed by atoms with van der Waals surface area (Å²) in [6.45, 7) is 6.56. The molecule has 0 aliphatic carbocycles. The Hall–Kier alpha value is -2.70. The van der Waals surface area contributed by atoms with E-state index in [0.717, 1.165) is 12.1 Å². The van der Waals surface area contributed by atoms with Crippen molar-refractivity contribution in [2.24, 2.45) is 5.92 Å². The lowest BCUT2D eigenvalue weighted by atomic mass is 10.0. The number of carbonyl (C=O) groups is 2. The van der Waals surface area contributed by atoms with Gasteiger partial charge in [-0.3, -0.25) is 9.59 Å². The average Bonchev–Trinajstić information content (AvgIpc) is 3.22. The number of carbonyl (C=O) groups excluding carboxylic acids is 2. The first kappa shape index (κ1) is 18.1. The predicted molar refractivity (Wildman–Crippen MR) is 96.7 cm³/mol. The highest BCUT2D eigenvalue weighted by Crippen LogP contribution is 2.24. The van der Waals surface area contributed by atoms with E-state index in [1.807, 2.05) is 6.07 Å². The molecule has 1 aromatic heterocycles. The molecule has 26 heavy (non-hydrogen) atoms. The van der Waals surface area contributed by atoms with Gasteiger partial charge in [-0.25, -0.2) is 0 Å². The SMILES string of the molecule is Cc1nnc(C(CC(C)C)NC(=O)c2cccc(N3CCCC3=O)c2)o1. The van der Waals surface area contributed by atoms with Gasteiger partial charge in [0.25, 0.3) is 5.91 Å². The number of amides is 2. The summed E-state index contributed by atoms with van der Waals surface area (Å²) in [4.78, 5) is 26.4. The molecule has 0 spiro atoms. The van der Waals surface area contributed by atoms with Crippen LogP contribution in [-0.2, 0) is 4.79 Å². The normalized spacial score (nSPS) is 15.5. The van der Waals surface area contributed by atoms with Crippen molar-refractivity contribution in [3.63, 3.8) is 0 Å². The van der Waals surface area contributed by atoms with E-state index < -0.39 is 0 Å². The Kier molecular flexibility index (Phi) is 5.35. The minimum Gasteiger partial charge on any atom is -0.423 e. The van der Waals surface area contributed by atoms with Gasteiger partial charge in [0, 0.05) is 31.1 Å². The number of benzene rings is 1. The van der Waals surface area contributed by atoms with Gasteiger partial charge in [0.15, 0.2) is 0 Å². The zero-order valence-electron chi connectivity index (χ0n) is 15.4. The maximum absolute atomic E-state index is 12.8. The number of aromatic nitrogens is 2. The van der Waals surface area contributed by atoms with Crippen molar-refractivity contribution < 1.29 is 14.0 Å². The third-order valence-corrected chi connectivity index (χ3v) is 4.35. The fraction of sp³-hybridized carbons (Fsp3) is 0.474. The van der Waals surface area contributed by atoms with Gasteiger partial charge >= 0.3 is 0 Å². The maximum Gasteiger partial charge on any atom is 0.252 e. The number of aryl methyl sites for hydroxylation is 1. The van der Waals surface area contributed by atoms with Crippen molar-refractivity contribution in [1.29, 1.82) is 0 Å². The van der Waals surface area contributed by atoms with Crippen molar-refractivity contribution >= 4 is 17.5 Å². The predicted octanol–water partition coefficient (Wildman–Crippen LogP) is 3.02. The van der Waals surface area contributed by atoms with Crippen LogP contribution < -0.4 is 10.2 Å². The zero-order chi connectivity index (χ0) is 18.7. The van der Waals surface area contributed by atoms with Crippen molar-refractivity contribution in [2.75, 3.05) is 11.4 Å². The zero-order valence-corrected chi connectivity index (χ0v) is 15.4. The van der Waals surface area contributed by atoms with Gasteiger partial charge in [-0.15, -0.1) is 10.2 Å². The molecule has 138 valence electrons. The Morgan fingerprint density at radius 2 is 2.15 bits per heavy atom. The summed E-state index contributed by atoms with van der Waals surface area (Å²) in [5, 5.41) is 10.9. The molecule has 1 N–H and O–H groups in total. The number of hydrogen-bond acceptors (Lipinski definition) is 5. The first-order chi connectivity index (χ1) is 12.4. The Labute approximate surface area is 152 Å². The average molecular weight is 356 g/mol. The van der Waals surface area contributed by atoms with Crippen molar-refractivity contribution in [2.45, 2.75) is 46.1 Å². The van der Waals surface area contributed by atoms with Crippen LogP contribution in [0.2, 0.25) is 0 Å². The van der Waals surface area contributed by atoms with Crippen molar-refractivity contribution in [1.82, 2.24) is 15.5 Å². The highest BCUT2D eigenvalue weighted by Gasteiger charge is 2.24. The van der Waals surface area contributed by atoms with Gasteiger partial charge in [0.05, 0.1) is 0 Å². The third kappa shape index (κ3) is 4.09. The van der Waals surface area contributed by atoms with Crippen molar-refractivity contribution in [3.8, 4) is 0 Å². The van der Waals surface area contributed by atoms with Crippen LogP contribution in [0.25, 0.3) is 0 Å². The van der Waals surface area contributed by atoms with Crippen LogP contribution in [0.15, 0.2) is 28.7 Å². The fourth-order valence-electron chi connectivity index (χ4n) is 3.12. The molecule has 2 heterocycles. The van der Waals surface area contributed by atoms with Gasteiger partial charge in [0.1, 0.15) is 6.04 Å².